The van der Waals surface area contributed by atoms with E-state index in [9.17, 15) is 0 Å². The van der Waals surface area contributed by atoms with Crippen molar-refractivity contribution in [1.82, 2.24) is 29.4 Å². The van der Waals surface area contributed by atoms with E-state index in [1.807, 2.05) is 0 Å². The monoisotopic (exact) mass is 658 g/mol. The smallest absolute Gasteiger partial charge is 0.201 e. The first-order valence-corrected chi connectivity index (χ1v) is 20.2. The van der Waals surface area contributed by atoms with Crippen LogP contribution in [0.4, 0.5) is 17.1 Å². The van der Waals surface area contributed by atoms with Gasteiger partial charge in [0, 0.05) is 78.5 Å². The summed E-state index contributed by atoms with van der Waals surface area (Å²) in [6, 6.07) is 6.77. The molecule has 0 unspecified atom stereocenters. The molecule has 0 bridgehead atoms. The predicted molar refractivity (Wildman–Crippen MR) is 200 cm³/mol. The SMILES string of the molecule is c1cc(N=C(N2CCCCC2)N2CCCCC2)c(N=C(N2CCCCC2)N2CCCCC2)cc1N=C(N1CCCCC1)N1CCCCC1. The summed E-state index contributed by atoms with van der Waals surface area (Å²) in [6.45, 7) is 13.3. The lowest BCUT2D eigenvalue weighted by atomic mass is 10.1. The summed E-state index contributed by atoms with van der Waals surface area (Å²) < 4.78 is 0. The first-order chi connectivity index (χ1) is 23.8. The molecule has 0 atom stereocenters. The number of rotatable bonds is 3. The van der Waals surface area contributed by atoms with Crippen LogP contribution in [-0.2, 0) is 0 Å². The molecule has 9 nitrogen and oxygen atoms in total. The molecule has 6 saturated heterocycles. The molecule has 7 rings (SSSR count). The quantitative estimate of drug-likeness (QED) is 0.247. The zero-order valence-electron chi connectivity index (χ0n) is 30.0. The summed E-state index contributed by atoms with van der Waals surface area (Å²) >= 11 is 0. The zero-order chi connectivity index (χ0) is 32.4. The summed E-state index contributed by atoms with van der Waals surface area (Å²) in [6.07, 6.45) is 23.1. The van der Waals surface area contributed by atoms with Crippen molar-refractivity contribution < 1.29 is 0 Å². The zero-order valence-corrected chi connectivity index (χ0v) is 30.0. The second-order valence-electron chi connectivity index (χ2n) is 15.2. The third kappa shape index (κ3) is 8.60. The van der Waals surface area contributed by atoms with Crippen LogP contribution in [0.25, 0.3) is 0 Å². The van der Waals surface area contributed by atoms with Crippen molar-refractivity contribution in [1.29, 1.82) is 0 Å². The Labute approximate surface area is 291 Å². The van der Waals surface area contributed by atoms with E-state index in [0.717, 1.165) is 95.6 Å². The normalized spacial score (nSPS) is 22.8. The van der Waals surface area contributed by atoms with Crippen LogP contribution < -0.4 is 0 Å². The average Bonchev–Trinajstić information content (AvgIpc) is 3.17. The minimum Gasteiger partial charge on any atom is -0.343 e. The van der Waals surface area contributed by atoms with Gasteiger partial charge in [0.15, 0.2) is 0 Å². The van der Waals surface area contributed by atoms with Crippen molar-refractivity contribution in [2.45, 2.75) is 116 Å². The number of piperidine rings is 6. The lowest BCUT2D eigenvalue weighted by molar-refractivity contribution is 0.257. The summed E-state index contributed by atoms with van der Waals surface area (Å²) in [5.74, 6) is 3.55. The minimum absolute atomic E-state index is 0.991. The van der Waals surface area contributed by atoms with E-state index in [1.54, 1.807) is 0 Å². The summed E-state index contributed by atoms with van der Waals surface area (Å²) in [5.41, 5.74) is 3.02. The summed E-state index contributed by atoms with van der Waals surface area (Å²) in [7, 11) is 0. The molecule has 1 aromatic rings. The first kappa shape index (κ1) is 33.5. The van der Waals surface area contributed by atoms with E-state index in [0.29, 0.717) is 0 Å². The molecule has 264 valence electrons. The second-order valence-corrected chi connectivity index (χ2v) is 15.2. The molecule has 6 fully saturated rings. The van der Waals surface area contributed by atoms with E-state index in [4.69, 9.17) is 15.0 Å². The molecule has 9 heteroatoms. The molecule has 6 aliphatic rings. The molecule has 0 saturated carbocycles. The molecular weight excluding hydrogens is 594 g/mol. The van der Waals surface area contributed by atoms with Crippen molar-refractivity contribution in [3.05, 3.63) is 18.2 Å². The maximum atomic E-state index is 5.67. The van der Waals surface area contributed by atoms with E-state index >= 15 is 0 Å². The Hall–Kier alpha value is -2.97. The topological polar surface area (TPSA) is 56.5 Å². The van der Waals surface area contributed by atoms with Crippen molar-refractivity contribution in [3.63, 3.8) is 0 Å². The highest BCUT2D eigenvalue weighted by atomic mass is 15.4. The van der Waals surface area contributed by atoms with Gasteiger partial charge in [-0.15, -0.1) is 0 Å². The number of nitrogens with zero attached hydrogens (tertiary/aromatic N) is 9. The Morgan fingerprint density at radius 3 is 0.896 bits per heavy atom. The second kappa shape index (κ2) is 17.1. The number of hydrogen-bond donors (Lipinski definition) is 0. The lowest BCUT2D eigenvalue weighted by Crippen LogP contribution is -2.48. The highest BCUT2D eigenvalue weighted by Gasteiger charge is 2.27. The first-order valence-electron chi connectivity index (χ1n) is 20.2. The molecule has 0 amide bonds. The summed E-state index contributed by atoms with van der Waals surface area (Å²) in [5, 5.41) is 0. The molecular formula is C39H63N9. The summed E-state index contributed by atoms with van der Waals surface area (Å²) in [4.78, 5) is 32.2. The average molecular weight is 658 g/mol. The third-order valence-electron chi connectivity index (χ3n) is 11.5. The number of likely N-dealkylation sites (tertiary alicyclic amines) is 6. The van der Waals surface area contributed by atoms with E-state index in [-0.39, 0.29) is 0 Å². The molecule has 0 spiro atoms. The predicted octanol–water partition coefficient (Wildman–Crippen LogP) is 7.56. The van der Waals surface area contributed by atoms with Crippen LogP contribution in [0.2, 0.25) is 0 Å². The third-order valence-corrected chi connectivity index (χ3v) is 11.5. The molecule has 6 heterocycles. The van der Waals surface area contributed by atoms with E-state index < -0.39 is 0 Å². The Morgan fingerprint density at radius 2 is 0.583 bits per heavy atom. The highest BCUT2D eigenvalue weighted by molar-refractivity contribution is 5.90. The van der Waals surface area contributed by atoms with Gasteiger partial charge in [-0.1, -0.05) is 0 Å². The molecule has 48 heavy (non-hydrogen) atoms. The van der Waals surface area contributed by atoms with Gasteiger partial charge in [0.2, 0.25) is 17.9 Å². The van der Waals surface area contributed by atoms with Crippen LogP contribution in [0, 0.1) is 0 Å². The molecule has 1 aromatic carbocycles. The van der Waals surface area contributed by atoms with Gasteiger partial charge in [-0.2, -0.15) is 0 Å². The van der Waals surface area contributed by atoms with Gasteiger partial charge in [0.1, 0.15) is 0 Å². The number of hydrogen-bond acceptors (Lipinski definition) is 3. The molecule has 6 aliphatic heterocycles. The van der Waals surface area contributed by atoms with Crippen LogP contribution in [0.1, 0.15) is 116 Å². The molecule has 0 N–H and O–H groups in total. The van der Waals surface area contributed by atoms with Crippen LogP contribution in [-0.4, -0.2) is 126 Å². The van der Waals surface area contributed by atoms with Gasteiger partial charge >= 0.3 is 0 Å². The number of guanidine groups is 3. The maximum absolute atomic E-state index is 5.67. The van der Waals surface area contributed by atoms with Gasteiger partial charge < -0.3 is 29.4 Å². The van der Waals surface area contributed by atoms with Crippen molar-refractivity contribution in [2.75, 3.05) is 78.5 Å². The van der Waals surface area contributed by atoms with Crippen LogP contribution in [0.3, 0.4) is 0 Å². The minimum atomic E-state index is 0.991. The van der Waals surface area contributed by atoms with Crippen LogP contribution in [0.15, 0.2) is 33.2 Å². The Morgan fingerprint density at radius 1 is 0.312 bits per heavy atom. The van der Waals surface area contributed by atoms with Crippen molar-refractivity contribution in [2.24, 2.45) is 15.0 Å². The number of aliphatic imine (C=N–C) groups is 3. The standard InChI is InChI=1S/C39H63N9/c1-7-21-43(22-8-1)37(44-23-9-2-10-24-44)40-34-19-20-35(41-38(45-25-11-3-12-26-45)46-27-13-4-14-28-46)36(33-34)42-39(47-29-15-5-16-30-47)48-31-17-6-18-32-48/h19-20,33H,1-18,21-32H2. The lowest BCUT2D eigenvalue weighted by Gasteiger charge is -2.39. The fourth-order valence-electron chi connectivity index (χ4n) is 8.68. The number of benzene rings is 1. The van der Waals surface area contributed by atoms with E-state index in [1.165, 1.54) is 133 Å². The van der Waals surface area contributed by atoms with E-state index in [2.05, 4.69) is 47.6 Å². The van der Waals surface area contributed by atoms with Crippen molar-refractivity contribution >= 4 is 34.9 Å². The van der Waals surface area contributed by atoms with Gasteiger partial charge in [0.05, 0.1) is 17.1 Å². The molecule has 0 radical (unpaired) electrons. The fraction of sp³-hybridized carbons (Fsp3) is 0.769. The van der Waals surface area contributed by atoms with Crippen molar-refractivity contribution in [3.8, 4) is 0 Å². The molecule has 0 aliphatic carbocycles. The Bertz CT molecular complexity index is 1180. The Balaban J connectivity index is 1.32. The Kier molecular flexibility index (Phi) is 11.9. The van der Waals surface area contributed by atoms with Crippen LogP contribution in [0.5, 0.6) is 0 Å². The van der Waals surface area contributed by atoms with Gasteiger partial charge in [-0.05, 0) is 134 Å². The largest absolute Gasteiger partial charge is 0.343 e. The molecule has 0 aromatic heterocycles. The fourth-order valence-corrected chi connectivity index (χ4v) is 8.68. The van der Waals surface area contributed by atoms with Gasteiger partial charge in [-0.3, -0.25) is 0 Å². The maximum Gasteiger partial charge on any atom is 0.201 e. The van der Waals surface area contributed by atoms with Gasteiger partial charge in [0.25, 0.3) is 0 Å². The van der Waals surface area contributed by atoms with Gasteiger partial charge in [-0.25, -0.2) is 15.0 Å². The highest BCUT2D eigenvalue weighted by Crippen LogP contribution is 2.35. The van der Waals surface area contributed by atoms with Crippen LogP contribution >= 0.6 is 0 Å².